The number of hydrogen-bond acceptors (Lipinski definition) is 3. The van der Waals surface area contributed by atoms with Crippen molar-refractivity contribution in [1.29, 1.82) is 0 Å². The first-order valence-electron chi connectivity index (χ1n) is 10.1. The van der Waals surface area contributed by atoms with E-state index in [-0.39, 0.29) is 24.0 Å². The Balaban J connectivity index is 0.00000240. The first kappa shape index (κ1) is 21.7. The standard InChI is InChI=1S/C22H29N5O.HI/c1-14(2)27-13-16-9-10-17(11-19(16)26-27)25-22(23-4)24-12-21-15(3)18-7-5-6-8-20(18)28-21;/h5-8,13-14,17H,9-12H2,1-4H3,(H2,23,24,25);1H. The van der Waals surface area contributed by atoms with Crippen molar-refractivity contribution in [2.45, 2.75) is 58.7 Å². The number of fused-ring (bicyclic) bond motifs is 2. The molecule has 0 amide bonds. The van der Waals surface area contributed by atoms with Crippen molar-refractivity contribution in [3.63, 3.8) is 0 Å². The van der Waals surface area contributed by atoms with E-state index in [4.69, 9.17) is 9.52 Å². The van der Waals surface area contributed by atoms with Crippen molar-refractivity contribution in [2.24, 2.45) is 4.99 Å². The summed E-state index contributed by atoms with van der Waals surface area (Å²) in [6.07, 6.45) is 5.27. The molecule has 4 rings (SSSR count). The van der Waals surface area contributed by atoms with Crippen molar-refractivity contribution < 1.29 is 4.42 Å². The normalized spacial score (nSPS) is 16.6. The van der Waals surface area contributed by atoms with Crippen LogP contribution in [0.3, 0.4) is 0 Å². The average Bonchev–Trinajstić information content (AvgIpc) is 3.26. The van der Waals surface area contributed by atoms with Gasteiger partial charge in [0.05, 0.1) is 12.2 Å². The zero-order valence-corrected chi connectivity index (χ0v) is 19.9. The predicted molar refractivity (Wildman–Crippen MR) is 128 cm³/mol. The number of aryl methyl sites for hydroxylation is 2. The van der Waals surface area contributed by atoms with E-state index in [1.54, 1.807) is 0 Å². The molecular formula is C22H30IN5O. The molecule has 1 aliphatic carbocycles. The zero-order valence-electron chi connectivity index (χ0n) is 17.5. The smallest absolute Gasteiger partial charge is 0.191 e. The van der Waals surface area contributed by atoms with Crippen molar-refractivity contribution in [1.82, 2.24) is 20.4 Å². The van der Waals surface area contributed by atoms with Gasteiger partial charge in [-0.3, -0.25) is 9.67 Å². The van der Waals surface area contributed by atoms with Gasteiger partial charge in [-0.25, -0.2) is 0 Å². The Bertz CT molecular complexity index is 1000. The summed E-state index contributed by atoms with van der Waals surface area (Å²) in [7, 11) is 1.81. The third-order valence-corrected chi connectivity index (χ3v) is 5.55. The maximum atomic E-state index is 6.00. The van der Waals surface area contributed by atoms with Gasteiger partial charge in [0, 0.05) is 42.7 Å². The van der Waals surface area contributed by atoms with E-state index in [1.165, 1.54) is 22.2 Å². The maximum absolute atomic E-state index is 6.00. The summed E-state index contributed by atoms with van der Waals surface area (Å²) in [5.74, 6) is 1.75. The number of aliphatic imine (C=N–C) groups is 1. The van der Waals surface area contributed by atoms with Gasteiger partial charge in [-0.15, -0.1) is 24.0 Å². The number of hydrogen-bond donors (Lipinski definition) is 2. The molecule has 29 heavy (non-hydrogen) atoms. The average molecular weight is 507 g/mol. The highest BCUT2D eigenvalue weighted by Gasteiger charge is 2.23. The summed E-state index contributed by atoms with van der Waals surface area (Å²) in [5.41, 5.74) is 4.70. The van der Waals surface area contributed by atoms with E-state index >= 15 is 0 Å². The highest BCUT2D eigenvalue weighted by molar-refractivity contribution is 14.0. The maximum Gasteiger partial charge on any atom is 0.191 e. The molecule has 0 aliphatic heterocycles. The first-order valence-corrected chi connectivity index (χ1v) is 10.1. The Morgan fingerprint density at radius 3 is 2.86 bits per heavy atom. The molecule has 2 heterocycles. The molecule has 156 valence electrons. The third-order valence-electron chi connectivity index (χ3n) is 5.55. The van der Waals surface area contributed by atoms with Gasteiger partial charge in [-0.2, -0.15) is 5.10 Å². The minimum atomic E-state index is 0. The quantitative estimate of drug-likeness (QED) is 0.313. The van der Waals surface area contributed by atoms with Crippen LogP contribution in [0.5, 0.6) is 0 Å². The zero-order chi connectivity index (χ0) is 19.7. The summed E-state index contributed by atoms with van der Waals surface area (Å²) >= 11 is 0. The molecule has 0 radical (unpaired) electrons. The number of nitrogens with zero attached hydrogens (tertiary/aromatic N) is 3. The minimum absolute atomic E-state index is 0. The number of para-hydroxylation sites is 1. The van der Waals surface area contributed by atoms with Crippen LogP contribution in [0.25, 0.3) is 11.0 Å². The van der Waals surface area contributed by atoms with Gasteiger partial charge in [-0.1, -0.05) is 18.2 Å². The summed E-state index contributed by atoms with van der Waals surface area (Å²) in [5, 5.41) is 12.9. The Kier molecular flexibility index (Phi) is 6.87. The predicted octanol–water partition coefficient (Wildman–Crippen LogP) is 4.36. The molecule has 0 saturated carbocycles. The Morgan fingerprint density at radius 1 is 1.34 bits per heavy atom. The Labute approximate surface area is 189 Å². The van der Waals surface area contributed by atoms with Crippen LogP contribution in [0.1, 0.15) is 48.9 Å². The van der Waals surface area contributed by atoms with Crippen LogP contribution in [0.2, 0.25) is 0 Å². The summed E-state index contributed by atoms with van der Waals surface area (Å²) in [4.78, 5) is 4.40. The van der Waals surface area contributed by atoms with Gasteiger partial charge < -0.3 is 15.1 Å². The van der Waals surface area contributed by atoms with E-state index in [9.17, 15) is 0 Å². The lowest BCUT2D eigenvalue weighted by Gasteiger charge is -2.24. The second-order valence-corrected chi connectivity index (χ2v) is 7.83. The summed E-state index contributed by atoms with van der Waals surface area (Å²) in [6.45, 7) is 7.05. The van der Waals surface area contributed by atoms with Crippen LogP contribution in [-0.4, -0.2) is 28.8 Å². The van der Waals surface area contributed by atoms with Gasteiger partial charge in [0.15, 0.2) is 5.96 Å². The molecule has 0 saturated heterocycles. The molecule has 3 aromatic rings. The summed E-state index contributed by atoms with van der Waals surface area (Å²) in [6, 6.07) is 8.89. The largest absolute Gasteiger partial charge is 0.459 e. The van der Waals surface area contributed by atoms with Crippen molar-refractivity contribution in [2.75, 3.05) is 7.05 Å². The molecule has 2 N–H and O–H groups in total. The Morgan fingerprint density at radius 2 is 2.14 bits per heavy atom. The fraction of sp³-hybridized carbons (Fsp3) is 0.455. The molecule has 1 atom stereocenters. The number of benzene rings is 1. The minimum Gasteiger partial charge on any atom is -0.459 e. The van der Waals surface area contributed by atoms with E-state index in [0.717, 1.165) is 36.6 Å². The van der Waals surface area contributed by atoms with E-state index < -0.39 is 0 Å². The Hall–Kier alpha value is -2.03. The fourth-order valence-electron chi connectivity index (χ4n) is 3.85. The van der Waals surface area contributed by atoms with Crippen molar-refractivity contribution >= 4 is 40.9 Å². The van der Waals surface area contributed by atoms with Crippen LogP contribution >= 0.6 is 24.0 Å². The molecule has 0 bridgehead atoms. The number of aromatic nitrogens is 2. The highest BCUT2D eigenvalue weighted by atomic mass is 127. The SMILES string of the molecule is CN=C(NCc1oc2ccccc2c1C)NC1CCc2cn(C(C)C)nc2C1.I. The topological polar surface area (TPSA) is 67.4 Å². The lowest BCUT2D eigenvalue weighted by atomic mass is 9.94. The molecule has 1 aromatic carbocycles. The highest BCUT2D eigenvalue weighted by Crippen LogP contribution is 2.25. The number of rotatable bonds is 4. The number of nitrogens with one attached hydrogen (secondary N) is 2. The third kappa shape index (κ3) is 4.60. The molecular weight excluding hydrogens is 477 g/mol. The van der Waals surface area contributed by atoms with Crippen molar-refractivity contribution in [3.8, 4) is 0 Å². The monoisotopic (exact) mass is 507 g/mol. The lowest BCUT2D eigenvalue weighted by molar-refractivity contribution is 0.494. The van der Waals surface area contributed by atoms with Crippen LogP contribution in [0.4, 0.5) is 0 Å². The number of halogens is 1. The molecule has 6 nitrogen and oxygen atoms in total. The molecule has 1 unspecified atom stereocenters. The van der Waals surface area contributed by atoms with Gasteiger partial charge in [0.1, 0.15) is 11.3 Å². The lowest BCUT2D eigenvalue weighted by Crippen LogP contribution is -2.45. The van der Waals surface area contributed by atoms with E-state index in [2.05, 4.69) is 53.3 Å². The molecule has 0 spiro atoms. The van der Waals surface area contributed by atoms with Gasteiger partial charge >= 0.3 is 0 Å². The molecule has 0 fully saturated rings. The van der Waals surface area contributed by atoms with Crippen LogP contribution < -0.4 is 10.6 Å². The molecule has 1 aliphatic rings. The second kappa shape index (κ2) is 9.19. The van der Waals surface area contributed by atoms with Crippen LogP contribution in [0.15, 0.2) is 39.9 Å². The van der Waals surface area contributed by atoms with E-state index in [0.29, 0.717) is 18.6 Å². The van der Waals surface area contributed by atoms with Gasteiger partial charge in [0.2, 0.25) is 0 Å². The second-order valence-electron chi connectivity index (χ2n) is 7.83. The summed E-state index contributed by atoms with van der Waals surface area (Å²) < 4.78 is 8.07. The fourth-order valence-corrected chi connectivity index (χ4v) is 3.85. The number of guanidine groups is 1. The molecule has 7 heteroatoms. The molecule has 2 aromatic heterocycles. The van der Waals surface area contributed by atoms with Gasteiger partial charge in [-0.05, 0) is 45.2 Å². The number of furan rings is 1. The van der Waals surface area contributed by atoms with Crippen LogP contribution in [-0.2, 0) is 19.4 Å². The van der Waals surface area contributed by atoms with Crippen LogP contribution in [0, 0.1) is 6.92 Å². The first-order chi connectivity index (χ1) is 13.5. The van der Waals surface area contributed by atoms with Crippen molar-refractivity contribution in [3.05, 3.63) is 53.0 Å². The van der Waals surface area contributed by atoms with Gasteiger partial charge in [0.25, 0.3) is 0 Å². The van der Waals surface area contributed by atoms with E-state index in [1.807, 2.05) is 25.2 Å².